The number of aromatic nitrogens is 1. The van der Waals surface area contributed by atoms with Crippen LogP contribution in [0.5, 0.6) is 0 Å². The molecule has 1 amide bonds. The van der Waals surface area contributed by atoms with Gasteiger partial charge < -0.3 is 0 Å². The minimum atomic E-state index is -0.726. The van der Waals surface area contributed by atoms with Crippen LogP contribution in [0.1, 0.15) is 34.3 Å². The van der Waals surface area contributed by atoms with Crippen LogP contribution in [0.3, 0.4) is 0 Å². The molecule has 0 saturated heterocycles. The van der Waals surface area contributed by atoms with Crippen LogP contribution in [-0.4, -0.2) is 10.9 Å². The molecule has 0 unspecified atom stereocenters. The SMILES string of the molecule is O=C(Nc1nc2c(F)cc(F)cc2s1)c1ccc2c(c1)CCCC2. The minimum absolute atomic E-state index is 0.0714. The molecule has 0 atom stereocenters. The number of halogens is 2. The van der Waals surface area contributed by atoms with Gasteiger partial charge in [-0.05, 0) is 55.0 Å². The highest BCUT2D eigenvalue weighted by atomic mass is 32.1. The Morgan fingerprint density at radius 3 is 2.71 bits per heavy atom. The molecule has 3 nitrogen and oxygen atoms in total. The first kappa shape index (κ1) is 15.2. The van der Waals surface area contributed by atoms with E-state index in [-0.39, 0.29) is 16.6 Å². The molecule has 24 heavy (non-hydrogen) atoms. The van der Waals surface area contributed by atoms with Crippen molar-refractivity contribution in [2.45, 2.75) is 25.7 Å². The molecular weight excluding hydrogens is 330 g/mol. The van der Waals surface area contributed by atoms with Gasteiger partial charge in [-0.3, -0.25) is 10.1 Å². The molecule has 0 spiro atoms. The summed E-state index contributed by atoms with van der Waals surface area (Å²) in [5.41, 5.74) is 3.14. The zero-order valence-corrected chi connectivity index (χ0v) is 13.6. The first-order valence-corrected chi connectivity index (χ1v) is 8.60. The number of fused-ring (bicyclic) bond motifs is 2. The maximum atomic E-state index is 13.7. The molecule has 1 aliphatic carbocycles. The fourth-order valence-electron chi connectivity index (χ4n) is 3.05. The quantitative estimate of drug-likeness (QED) is 0.732. The van der Waals surface area contributed by atoms with Crippen LogP contribution in [-0.2, 0) is 12.8 Å². The number of carbonyl (C=O) groups is 1. The van der Waals surface area contributed by atoms with Gasteiger partial charge in [0.15, 0.2) is 10.9 Å². The Morgan fingerprint density at radius 2 is 1.88 bits per heavy atom. The van der Waals surface area contributed by atoms with Crippen molar-refractivity contribution >= 4 is 32.6 Å². The number of nitrogens with one attached hydrogen (secondary N) is 1. The van der Waals surface area contributed by atoms with E-state index < -0.39 is 11.6 Å². The number of carbonyl (C=O) groups excluding carboxylic acids is 1. The molecule has 0 aliphatic heterocycles. The summed E-state index contributed by atoms with van der Waals surface area (Å²) >= 11 is 1.05. The van der Waals surface area contributed by atoms with Gasteiger partial charge in [0.2, 0.25) is 0 Å². The van der Waals surface area contributed by atoms with E-state index >= 15 is 0 Å². The molecule has 0 fully saturated rings. The third-order valence-corrected chi connectivity index (χ3v) is 5.16. The minimum Gasteiger partial charge on any atom is -0.298 e. The van der Waals surface area contributed by atoms with Crippen molar-refractivity contribution in [1.29, 1.82) is 0 Å². The molecule has 0 radical (unpaired) electrons. The van der Waals surface area contributed by atoms with E-state index in [2.05, 4.69) is 10.3 Å². The fraction of sp³-hybridized carbons (Fsp3) is 0.222. The van der Waals surface area contributed by atoms with Gasteiger partial charge in [0.1, 0.15) is 11.3 Å². The second-order valence-corrected chi connectivity index (χ2v) is 6.93. The number of anilines is 1. The smallest absolute Gasteiger partial charge is 0.257 e. The van der Waals surface area contributed by atoms with Gasteiger partial charge >= 0.3 is 0 Å². The lowest BCUT2D eigenvalue weighted by atomic mass is 9.90. The molecule has 122 valence electrons. The van der Waals surface area contributed by atoms with Gasteiger partial charge in [-0.2, -0.15) is 0 Å². The topological polar surface area (TPSA) is 42.0 Å². The van der Waals surface area contributed by atoms with Gasteiger partial charge in [-0.1, -0.05) is 17.4 Å². The van der Waals surface area contributed by atoms with E-state index in [0.717, 1.165) is 36.7 Å². The second-order valence-electron chi connectivity index (χ2n) is 5.90. The second kappa shape index (κ2) is 5.94. The maximum absolute atomic E-state index is 13.7. The Balaban J connectivity index is 1.61. The number of hydrogen-bond acceptors (Lipinski definition) is 3. The number of hydrogen-bond donors (Lipinski definition) is 1. The average Bonchev–Trinajstić information content (AvgIpc) is 2.97. The summed E-state index contributed by atoms with van der Waals surface area (Å²) in [6, 6.07) is 7.71. The molecule has 4 rings (SSSR count). The lowest BCUT2D eigenvalue weighted by Crippen LogP contribution is -2.13. The Labute approximate surface area is 141 Å². The summed E-state index contributed by atoms with van der Waals surface area (Å²) in [5.74, 6) is -1.67. The number of amides is 1. The van der Waals surface area contributed by atoms with Crippen LogP contribution in [0.25, 0.3) is 10.2 Å². The number of benzene rings is 2. The molecule has 3 aromatic rings. The van der Waals surface area contributed by atoms with Crippen molar-refractivity contribution < 1.29 is 13.6 Å². The van der Waals surface area contributed by atoms with E-state index in [1.54, 1.807) is 6.07 Å². The molecule has 2 aromatic carbocycles. The van der Waals surface area contributed by atoms with Crippen LogP contribution in [0, 0.1) is 11.6 Å². The van der Waals surface area contributed by atoms with Gasteiger partial charge in [-0.25, -0.2) is 13.8 Å². The summed E-state index contributed by atoms with van der Waals surface area (Å²) in [6.07, 6.45) is 4.37. The fourth-order valence-corrected chi connectivity index (χ4v) is 3.95. The molecule has 1 heterocycles. The summed E-state index contributed by atoms with van der Waals surface area (Å²) in [4.78, 5) is 16.5. The van der Waals surface area contributed by atoms with Crippen molar-refractivity contribution in [3.63, 3.8) is 0 Å². The molecule has 1 aliphatic rings. The lowest BCUT2D eigenvalue weighted by Gasteiger charge is -2.16. The lowest BCUT2D eigenvalue weighted by molar-refractivity contribution is 0.102. The van der Waals surface area contributed by atoms with E-state index in [0.29, 0.717) is 10.3 Å². The van der Waals surface area contributed by atoms with Gasteiger partial charge in [0.25, 0.3) is 5.91 Å². The van der Waals surface area contributed by atoms with E-state index in [1.165, 1.54) is 23.6 Å². The number of nitrogens with zero attached hydrogens (tertiary/aromatic N) is 1. The van der Waals surface area contributed by atoms with Crippen LogP contribution in [0.2, 0.25) is 0 Å². The van der Waals surface area contributed by atoms with Crippen molar-refractivity contribution in [1.82, 2.24) is 4.98 Å². The predicted octanol–water partition coefficient (Wildman–Crippen LogP) is 4.71. The predicted molar refractivity (Wildman–Crippen MR) is 90.6 cm³/mol. The normalized spacial score (nSPS) is 13.8. The van der Waals surface area contributed by atoms with Gasteiger partial charge in [-0.15, -0.1) is 0 Å². The number of thiazole rings is 1. The standard InChI is InChI=1S/C18H14F2N2OS/c19-13-8-14(20)16-15(9-13)24-18(21-16)22-17(23)12-6-5-10-3-1-2-4-11(10)7-12/h5-9H,1-4H2,(H,21,22,23). The van der Waals surface area contributed by atoms with E-state index in [1.807, 2.05) is 12.1 Å². The molecule has 0 saturated carbocycles. The zero-order valence-electron chi connectivity index (χ0n) is 12.7. The van der Waals surface area contributed by atoms with Gasteiger partial charge in [0.05, 0.1) is 4.70 Å². The Morgan fingerprint density at radius 1 is 1.08 bits per heavy atom. The monoisotopic (exact) mass is 344 g/mol. The zero-order chi connectivity index (χ0) is 16.7. The van der Waals surface area contributed by atoms with E-state index in [4.69, 9.17) is 0 Å². The first-order chi connectivity index (χ1) is 11.6. The van der Waals surface area contributed by atoms with Crippen molar-refractivity contribution in [2.24, 2.45) is 0 Å². The van der Waals surface area contributed by atoms with Crippen LogP contribution >= 0.6 is 11.3 Å². The summed E-state index contributed by atoms with van der Waals surface area (Å²) in [5, 5.41) is 2.94. The van der Waals surface area contributed by atoms with E-state index in [9.17, 15) is 13.6 Å². The van der Waals surface area contributed by atoms with Crippen molar-refractivity contribution in [3.05, 3.63) is 58.7 Å². The Kier molecular flexibility index (Phi) is 3.76. The number of aryl methyl sites for hydroxylation is 2. The van der Waals surface area contributed by atoms with Crippen LogP contribution in [0.4, 0.5) is 13.9 Å². The van der Waals surface area contributed by atoms with Crippen molar-refractivity contribution in [2.75, 3.05) is 5.32 Å². The number of rotatable bonds is 2. The highest BCUT2D eigenvalue weighted by molar-refractivity contribution is 7.22. The summed E-state index contributed by atoms with van der Waals surface area (Å²) in [7, 11) is 0. The highest BCUT2D eigenvalue weighted by Gasteiger charge is 2.16. The Bertz CT molecular complexity index is 952. The third kappa shape index (κ3) is 2.78. The van der Waals surface area contributed by atoms with Gasteiger partial charge in [0, 0.05) is 11.6 Å². The van der Waals surface area contributed by atoms with Crippen LogP contribution < -0.4 is 5.32 Å². The molecular formula is C18H14F2N2OS. The Hall–Kier alpha value is -2.34. The molecule has 1 aromatic heterocycles. The van der Waals surface area contributed by atoms with Crippen LogP contribution in [0.15, 0.2) is 30.3 Å². The molecule has 1 N–H and O–H groups in total. The maximum Gasteiger partial charge on any atom is 0.257 e. The molecule has 6 heteroatoms. The van der Waals surface area contributed by atoms with Crippen molar-refractivity contribution in [3.8, 4) is 0 Å². The first-order valence-electron chi connectivity index (χ1n) is 7.79. The summed E-state index contributed by atoms with van der Waals surface area (Å²) < 4.78 is 27.3. The third-order valence-electron chi connectivity index (χ3n) is 4.24. The summed E-state index contributed by atoms with van der Waals surface area (Å²) in [6.45, 7) is 0. The highest BCUT2D eigenvalue weighted by Crippen LogP contribution is 2.29. The average molecular weight is 344 g/mol. The largest absolute Gasteiger partial charge is 0.298 e. The molecule has 0 bridgehead atoms.